The molecule has 1 aliphatic carbocycles. The number of ether oxygens (including phenoxy) is 1. The van der Waals surface area contributed by atoms with Crippen molar-refractivity contribution in [2.24, 2.45) is 5.41 Å². The molecule has 0 aromatic rings. The normalized spacial score (nSPS) is 46.0. The molecule has 1 saturated heterocycles. The van der Waals surface area contributed by atoms with Crippen molar-refractivity contribution in [3.05, 3.63) is 0 Å². The first kappa shape index (κ1) is 5.72. The second kappa shape index (κ2) is 1.34. The molecule has 1 nitrogen and oxygen atoms in total. The number of hydrogen-bond acceptors (Lipinski definition) is 1. The van der Waals surface area contributed by atoms with Crippen LogP contribution in [0.1, 0.15) is 33.1 Å². The van der Waals surface area contributed by atoms with Crippen molar-refractivity contribution >= 4 is 0 Å². The molecular formula is C8H14O. The van der Waals surface area contributed by atoms with Crippen LogP contribution < -0.4 is 0 Å². The quantitative estimate of drug-likeness (QED) is 0.482. The Kier molecular flexibility index (Phi) is 0.852. The Balaban J connectivity index is 2.13. The lowest BCUT2D eigenvalue weighted by atomic mass is 9.55. The van der Waals surface area contributed by atoms with Crippen molar-refractivity contribution in [3.63, 3.8) is 0 Å². The Morgan fingerprint density at radius 3 is 1.78 bits per heavy atom. The first-order chi connectivity index (χ1) is 4.16. The summed E-state index contributed by atoms with van der Waals surface area (Å²) in [5.41, 5.74) is 0.832. The monoisotopic (exact) mass is 126 g/mol. The number of hydrogen-bond donors (Lipinski definition) is 0. The second-order valence-corrected chi connectivity index (χ2v) is 3.98. The molecule has 1 spiro atoms. The third-order valence-electron chi connectivity index (χ3n) is 3.27. The Hall–Kier alpha value is -0.0400. The van der Waals surface area contributed by atoms with Crippen molar-refractivity contribution in [1.29, 1.82) is 0 Å². The van der Waals surface area contributed by atoms with Crippen LogP contribution in [-0.4, -0.2) is 12.2 Å². The van der Waals surface area contributed by atoms with Crippen LogP contribution in [0.3, 0.4) is 0 Å². The molecule has 1 aliphatic heterocycles. The molecule has 2 rings (SSSR count). The second-order valence-electron chi connectivity index (χ2n) is 3.98. The summed E-state index contributed by atoms with van der Waals surface area (Å²) < 4.78 is 5.57. The molecule has 1 heterocycles. The van der Waals surface area contributed by atoms with Crippen molar-refractivity contribution < 1.29 is 4.74 Å². The van der Waals surface area contributed by atoms with Gasteiger partial charge in [-0.25, -0.2) is 0 Å². The highest BCUT2D eigenvalue weighted by Gasteiger charge is 2.57. The molecule has 52 valence electrons. The SMILES string of the molecule is CC1(C)CCC12CCO2. The van der Waals surface area contributed by atoms with Gasteiger partial charge in [0.1, 0.15) is 0 Å². The summed E-state index contributed by atoms with van der Waals surface area (Å²) >= 11 is 0. The first-order valence-corrected chi connectivity index (χ1v) is 3.80. The van der Waals surface area contributed by atoms with Gasteiger partial charge in [-0.3, -0.25) is 0 Å². The summed E-state index contributed by atoms with van der Waals surface area (Å²) in [6, 6.07) is 0. The molecule has 0 bridgehead atoms. The molecule has 9 heavy (non-hydrogen) atoms. The highest BCUT2D eigenvalue weighted by Crippen LogP contribution is 2.57. The van der Waals surface area contributed by atoms with E-state index < -0.39 is 0 Å². The van der Waals surface area contributed by atoms with Crippen LogP contribution in [0.15, 0.2) is 0 Å². The molecular weight excluding hydrogens is 112 g/mol. The number of rotatable bonds is 0. The Labute approximate surface area is 56.4 Å². The van der Waals surface area contributed by atoms with E-state index in [4.69, 9.17) is 4.74 Å². The Morgan fingerprint density at radius 2 is 1.78 bits per heavy atom. The van der Waals surface area contributed by atoms with E-state index in [1.165, 1.54) is 19.3 Å². The van der Waals surface area contributed by atoms with Gasteiger partial charge in [0.25, 0.3) is 0 Å². The van der Waals surface area contributed by atoms with E-state index in [1.54, 1.807) is 0 Å². The van der Waals surface area contributed by atoms with Crippen LogP contribution >= 0.6 is 0 Å². The fraction of sp³-hybridized carbons (Fsp3) is 1.00. The van der Waals surface area contributed by atoms with Gasteiger partial charge in [-0.15, -0.1) is 0 Å². The summed E-state index contributed by atoms with van der Waals surface area (Å²) in [4.78, 5) is 0. The maximum absolute atomic E-state index is 5.57. The molecule has 1 atom stereocenters. The lowest BCUT2D eigenvalue weighted by molar-refractivity contribution is -0.264. The van der Waals surface area contributed by atoms with Crippen LogP contribution in [0.2, 0.25) is 0 Å². The van der Waals surface area contributed by atoms with E-state index in [0.717, 1.165) is 6.61 Å². The van der Waals surface area contributed by atoms with E-state index >= 15 is 0 Å². The zero-order valence-corrected chi connectivity index (χ0v) is 6.24. The molecule has 0 amide bonds. The summed E-state index contributed by atoms with van der Waals surface area (Å²) in [6.45, 7) is 5.63. The minimum Gasteiger partial charge on any atom is -0.374 e. The third-order valence-corrected chi connectivity index (χ3v) is 3.27. The molecule has 0 radical (unpaired) electrons. The smallest absolute Gasteiger partial charge is 0.0755 e. The van der Waals surface area contributed by atoms with E-state index in [-0.39, 0.29) is 0 Å². The van der Waals surface area contributed by atoms with Gasteiger partial charge in [-0.2, -0.15) is 0 Å². The van der Waals surface area contributed by atoms with Gasteiger partial charge < -0.3 is 4.74 Å². The zero-order valence-electron chi connectivity index (χ0n) is 6.24. The standard InChI is InChI=1S/C8H14O/c1-7(2)3-4-8(7)5-6-9-8/h3-6H2,1-2H3. The van der Waals surface area contributed by atoms with Gasteiger partial charge in [0.05, 0.1) is 12.2 Å². The topological polar surface area (TPSA) is 9.23 Å². The lowest BCUT2D eigenvalue weighted by Crippen LogP contribution is -2.62. The average molecular weight is 126 g/mol. The maximum Gasteiger partial charge on any atom is 0.0755 e. The zero-order chi connectivity index (χ0) is 6.54. The molecule has 2 fully saturated rings. The predicted octanol–water partition coefficient (Wildman–Crippen LogP) is 1.97. The molecule has 1 saturated carbocycles. The summed E-state index contributed by atoms with van der Waals surface area (Å²) in [5.74, 6) is 0. The van der Waals surface area contributed by atoms with Crippen LogP contribution in [0.4, 0.5) is 0 Å². The molecule has 1 unspecified atom stereocenters. The van der Waals surface area contributed by atoms with Gasteiger partial charge in [0.15, 0.2) is 0 Å². The third kappa shape index (κ3) is 0.493. The van der Waals surface area contributed by atoms with E-state index in [0.29, 0.717) is 11.0 Å². The van der Waals surface area contributed by atoms with Gasteiger partial charge in [-0.05, 0) is 18.3 Å². The van der Waals surface area contributed by atoms with Crippen LogP contribution in [-0.2, 0) is 4.74 Å². The van der Waals surface area contributed by atoms with Crippen molar-refractivity contribution in [1.82, 2.24) is 0 Å². The lowest BCUT2D eigenvalue weighted by Gasteiger charge is -2.61. The molecule has 0 N–H and O–H groups in total. The van der Waals surface area contributed by atoms with E-state index in [9.17, 15) is 0 Å². The Morgan fingerprint density at radius 1 is 1.11 bits per heavy atom. The van der Waals surface area contributed by atoms with Crippen LogP contribution in [0, 0.1) is 5.41 Å². The van der Waals surface area contributed by atoms with E-state index in [2.05, 4.69) is 13.8 Å². The van der Waals surface area contributed by atoms with Gasteiger partial charge >= 0.3 is 0 Å². The predicted molar refractivity (Wildman–Crippen MR) is 36.3 cm³/mol. The highest BCUT2D eigenvalue weighted by molar-refractivity contribution is 5.07. The van der Waals surface area contributed by atoms with Crippen LogP contribution in [0.25, 0.3) is 0 Å². The highest BCUT2D eigenvalue weighted by atomic mass is 16.5. The van der Waals surface area contributed by atoms with Crippen molar-refractivity contribution in [3.8, 4) is 0 Å². The summed E-state index contributed by atoms with van der Waals surface area (Å²) in [5, 5.41) is 0. The Bertz CT molecular complexity index is 128. The molecule has 0 aromatic carbocycles. The fourth-order valence-corrected chi connectivity index (χ4v) is 1.98. The largest absolute Gasteiger partial charge is 0.374 e. The summed E-state index contributed by atoms with van der Waals surface area (Å²) in [7, 11) is 0. The van der Waals surface area contributed by atoms with Crippen molar-refractivity contribution in [2.45, 2.75) is 38.7 Å². The van der Waals surface area contributed by atoms with Crippen LogP contribution in [0.5, 0.6) is 0 Å². The molecule has 0 aromatic heterocycles. The van der Waals surface area contributed by atoms with Gasteiger partial charge in [-0.1, -0.05) is 13.8 Å². The minimum atomic E-state index is 0.340. The van der Waals surface area contributed by atoms with Gasteiger partial charge in [0.2, 0.25) is 0 Å². The van der Waals surface area contributed by atoms with E-state index in [1.807, 2.05) is 0 Å². The molecule has 1 heteroatoms. The van der Waals surface area contributed by atoms with Crippen molar-refractivity contribution in [2.75, 3.05) is 6.61 Å². The first-order valence-electron chi connectivity index (χ1n) is 3.80. The summed E-state index contributed by atoms with van der Waals surface area (Å²) in [6.07, 6.45) is 3.97. The minimum absolute atomic E-state index is 0.340. The average Bonchev–Trinajstić information content (AvgIpc) is 1.59. The maximum atomic E-state index is 5.57. The molecule has 2 aliphatic rings. The fourth-order valence-electron chi connectivity index (χ4n) is 1.98. The van der Waals surface area contributed by atoms with Gasteiger partial charge in [0, 0.05) is 6.42 Å².